The van der Waals surface area contributed by atoms with Crippen LogP contribution in [0.15, 0.2) is 28.7 Å². The SMILES string of the molecule is COc1nscc1S(=O)(=O)N1CC(Oc2ccncc2C(F)(F)F)C1. The first-order valence-corrected chi connectivity index (χ1v) is 9.17. The van der Waals surface area contributed by atoms with E-state index < -0.39 is 27.9 Å². The predicted molar refractivity (Wildman–Crippen MR) is 81.1 cm³/mol. The summed E-state index contributed by atoms with van der Waals surface area (Å²) in [4.78, 5) is 3.37. The average molecular weight is 395 g/mol. The molecule has 136 valence electrons. The van der Waals surface area contributed by atoms with E-state index in [1.54, 1.807) is 0 Å². The van der Waals surface area contributed by atoms with Crippen molar-refractivity contribution >= 4 is 21.6 Å². The molecule has 2 aromatic heterocycles. The molecule has 7 nitrogen and oxygen atoms in total. The third kappa shape index (κ3) is 3.41. The van der Waals surface area contributed by atoms with Crippen LogP contribution in [0.5, 0.6) is 11.6 Å². The van der Waals surface area contributed by atoms with Crippen LogP contribution < -0.4 is 9.47 Å². The second-order valence-corrected chi connectivity index (χ2v) is 7.66. The second kappa shape index (κ2) is 6.42. The van der Waals surface area contributed by atoms with Crippen molar-refractivity contribution in [3.63, 3.8) is 0 Å². The smallest absolute Gasteiger partial charge is 0.421 e. The minimum atomic E-state index is -4.60. The van der Waals surface area contributed by atoms with Crippen LogP contribution in [0.1, 0.15) is 5.56 Å². The molecule has 0 aliphatic carbocycles. The summed E-state index contributed by atoms with van der Waals surface area (Å²) in [7, 11) is -2.52. The maximum atomic E-state index is 12.9. The van der Waals surface area contributed by atoms with Crippen LogP contribution in [0.4, 0.5) is 13.2 Å². The molecule has 0 spiro atoms. The molecule has 0 N–H and O–H groups in total. The minimum absolute atomic E-state index is 0.0112. The Morgan fingerprint density at radius 1 is 1.36 bits per heavy atom. The Hall–Kier alpha value is -1.92. The lowest BCUT2D eigenvalue weighted by Crippen LogP contribution is -2.56. The molecule has 3 rings (SSSR count). The Balaban J connectivity index is 1.70. The number of hydrogen-bond acceptors (Lipinski definition) is 7. The van der Waals surface area contributed by atoms with E-state index >= 15 is 0 Å². The van der Waals surface area contributed by atoms with Crippen LogP contribution in [0, 0.1) is 0 Å². The number of sulfonamides is 1. The van der Waals surface area contributed by atoms with Crippen molar-refractivity contribution in [1.82, 2.24) is 13.7 Å². The molecule has 12 heteroatoms. The van der Waals surface area contributed by atoms with E-state index in [2.05, 4.69) is 9.36 Å². The second-order valence-electron chi connectivity index (χ2n) is 5.12. The highest BCUT2D eigenvalue weighted by Crippen LogP contribution is 2.37. The zero-order valence-corrected chi connectivity index (χ0v) is 14.4. The highest BCUT2D eigenvalue weighted by atomic mass is 32.2. The molecule has 1 saturated heterocycles. The van der Waals surface area contributed by atoms with E-state index in [1.807, 2.05) is 0 Å². The number of nitrogens with zero attached hydrogens (tertiary/aromatic N) is 3. The van der Waals surface area contributed by atoms with Gasteiger partial charge in [0.1, 0.15) is 17.4 Å². The van der Waals surface area contributed by atoms with Gasteiger partial charge >= 0.3 is 6.18 Å². The fourth-order valence-electron chi connectivity index (χ4n) is 2.21. The van der Waals surface area contributed by atoms with E-state index in [0.717, 1.165) is 21.9 Å². The molecule has 0 atom stereocenters. The first-order chi connectivity index (χ1) is 11.7. The number of methoxy groups -OCH3 is 1. The van der Waals surface area contributed by atoms with Crippen molar-refractivity contribution in [3.8, 4) is 11.6 Å². The van der Waals surface area contributed by atoms with E-state index in [9.17, 15) is 21.6 Å². The van der Waals surface area contributed by atoms with Gasteiger partial charge in [-0.15, -0.1) is 0 Å². The number of alkyl halides is 3. The van der Waals surface area contributed by atoms with E-state index in [1.165, 1.54) is 18.7 Å². The molecule has 1 fully saturated rings. The Labute approximate surface area is 145 Å². The maximum Gasteiger partial charge on any atom is 0.421 e. The van der Waals surface area contributed by atoms with Gasteiger partial charge in [0.05, 0.1) is 20.2 Å². The number of aromatic nitrogens is 2. The van der Waals surface area contributed by atoms with E-state index in [-0.39, 0.29) is 29.6 Å². The highest BCUT2D eigenvalue weighted by molar-refractivity contribution is 7.89. The predicted octanol–water partition coefficient (Wildman–Crippen LogP) is 2.02. The molecule has 0 bridgehead atoms. The lowest BCUT2D eigenvalue weighted by molar-refractivity contribution is -0.139. The van der Waals surface area contributed by atoms with Gasteiger partial charge in [0.25, 0.3) is 0 Å². The number of pyridine rings is 1. The Kier molecular flexibility index (Phi) is 4.60. The van der Waals surface area contributed by atoms with Gasteiger partial charge in [0.15, 0.2) is 4.90 Å². The molecule has 0 amide bonds. The fraction of sp³-hybridized carbons (Fsp3) is 0.385. The molecule has 0 radical (unpaired) electrons. The number of rotatable bonds is 5. The molecular formula is C13H12F3N3O4S2. The van der Waals surface area contributed by atoms with Crippen molar-refractivity contribution in [2.75, 3.05) is 20.2 Å². The maximum absolute atomic E-state index is 12.9. The Morgan fingerprint density at radius 3 is 2.72 bits per heavy atom. The van der Waals surface area contributed by atoms with Crippen LogP contribution in [-0.2, 0) is 16.2 Å². The summed E-state index contributed by atoms with van der Waals surface area (Å²) in [6.45, 7) is -0.137. The largest absolute Gasteiger partial charge is 0.487 e. The molecule has 2 aromatic rings. The van der Waals surface area contributed by atoms with Gasteiger partial charge in [-0.25, -0.2) is 8.42 Å². The Bertz CT molecular complexity index is 863. The van der Waals surface area contributed by atoms with Crippen molar-refractivity contribution in [2.24, 2.45) is 0 Å². The molecule has 0 saturated carbocycles. The van der Waals surface area contributed by atoms with Crippen LogP contribution in [0.2, 0.25) is 0 Å². The lowest BCUT2D eigenvalue weighted by atomic mass is 10.2. The molecule has 1 aliphatic heterocycles. The van der Waals surface area contributed by atoms with Crippen molar-refractivity contribution in [2.45, 2.75) is 17.2 Å². The van der Waals surface area contributed by atoms with Gasteiger partial charge in [-0.1, -0.05) is 0 Å². The van der Waals surface area contributed by atoms with Gasteiger partial charge in [0, 0.05) is 17.8 Å². The van der Waals surface area contributed by atoms with Crippen molar-refractivity contribution < 1.29 is 31.1 Å². The summed E-state index contributed by atoms with van der Waals surface area (Å²) in [5.41, 5.74) is -1.000. The number of halogens is 3. The summed E-state index contributed by atoms with van der Waals surface area (Å²) >= 11 is 0.934. The summed E-state index contributed by atoms with van der Waals surface area (Å²) < 4.78 is 78.7. The third-order valence-corrected chi connectivity index (χ3v) is 6.10. The molecule has 3 heterocycles. The van der Waals surface area contributed by atoms with Crippen LogP contribution >= 0.6 is 11.5 Å². The fourth-order valence-corrected chi connectivity index (χ4v) is 4.76. The van der Waals surface area contributed by atoms with E-state index in [0.29, 0.717) is 6.20 Å². The minimum Gasteiger partial charge on any atom is -0.487 e. The van der Waals surface area contributed by atoms with Gasteiger partial charge in [-0.3, -0.25) is 4.98 Å². The highest BCUT2D eigenvalue weighted by Gasteiger charge is 2.42. The van der Waals surface area contributed by atoms with Crippen LogP contribution in [0.3, 0.4) is 0 Å². The number of hydrogen-bond donors (Lipinski definition) is 0. The Morgan fingerprint density at radius 2 is 2.08 bits per heavy atom. The summed E-state index contributed by atoms with van der Waals surface area (Å²) in [6.07, 6.45) is -3.44. The third-order valence-electron chi connectivity index (χ3n) is 3.51. The molecule has 25 heavy (non-hydrogen) atoms. The monoisotopic (exact) mass is 395 g/mol. The standard InChI is InChI=1S/C13H12F3N3O4S2/c1-22-12-11(7-24-18-12)25(20,21)19-5-8(6-19)23-10-2-3-17-4-9(10)13(14,15)16/h2-4,7-8H,5-6H2,1H3. The van der Waals surface area contributed by atoms with Crippen LogP contribution in [-0.4, -0.2) is 48.4 Å². The molecule has 0 aromatic carbocycles. The van der Waals surface area contributed by atoms with Gasteiger partial charge in [-0.2, -0.15) is 21.9 Å². The summed E-state index contributed by atoms with van der Waals surface area (Å²) in [6, 6.07) is 1.10. The average Bonchev–Trinajstić information content (AvgIpc) is 2.99. The molecule has 0 unspecified atom stereocenters. The van der Waals surface area contributed by atoms with E-state index in [4.69, 9.17) is 9.47 Å². The van der Waals surface area contributed by atoms with Crippen molar-refractivity contribution in [3.05, 3.63) is 29.4 Å². The molecule has 1 aliphatic rings. The topological polar surface area (TPSA) is 81.6 Å². The summed E-state index contributed by atoms with van der Waals surface area (Å²) in [5, 5.41) is 1.34. The van der Waals surface area contributed by atoms with Crippen LogP contribution in [0.25, 0.3) is 0 Å². The zero-order valence-electron chi connectivity index (χ0n) is 12.7. The normalized spacial score (nSPS) is 16.5. The first-order valence-electron chi connectivity index (χ1n) is 6.90. The number of ether oxygens (including phenoxy) is 2. The zero-order chi connectivity index (χ0) is 18.2. The van der Waals surface area contributed by atoms with Crippen molar-refractivity contribution in [1.29, 1.82) is 0 Å². The van der Waals surface area contributed by atoms with Gasteiger partial charge < -0.3 is 9.47 Å². The molecular weight excluding hydrogens is 383 g/mol. The van der Waals surface area contributed by atoms with Gasteiger partial charge in [0.2, 0.25) is 15.9 Å². The lowest BCUT2D eigenvalue weighted by Gasteiger charge is -2.37. The summed E-state index contributed by atoms with van der Waals surface area (Å²) in [5.74, 6) is -0.387. The quantitative estimate of drug-likeness (QED) is 0.771. The first kappa shape index (κ1) is 17.9. The van der Waals surface area contributed by atoms with Gasteiger partial charge in [-0.05, 0) is 17.6 Å².